The van der Waals surface area contributed by atoms with E-state index in [0.717, 1.165) is 35.1 Å². The molecule has 0 radical (unpaired) electrons. The summed E-state index contributed by atoms with van der Waals surface area (Å²) in [6.45, 7) is 1.62. The third-order valence-corrected chi connectivity index (χ3v) is 10.3. The Morgan fingerprint density at radius 1 is 0.854 bits per heavy atom. The van der Waals surface area contributed by atoms with Gasteiger partial charge in [0.1, 0.15) is 0 Å². The van der Waals surface area contributed by atoms with Crippen LogP contribution in [0.25, 0.3) is 11.1 Å². The zero-order valence-corrected chi connectivity index (χ0v) is 24.0. The number of hydrogen-bond acceptors (Lipinski definition) is 5. The topological polar surface area (TPSA) is 101 Å². The Morgan fingerprint density at radius 3 is 2.12 bits per heavy atom. The number of aliphatic carboxylic acids is 1. The van der Waals surface area contributed by atoms with Gasteiger partial charge < -0.3 is 14.7 Å². The molecule has 1 atom stereocenters. The van der Waals surface area contributed by atoms with Gasteiger partial charge in [-0.15, -0.1) is 0 Å². The van der Waals surface area contributed by atoms with E-state index in [1.165, 1.54) is 0 Å². The summed E-state index contributed by atoms with van der Waals surface area (Å²) in [4.78, 5) is 26.6. The number of carbonyl (C=O) groups is 2. The van der Waals surface area contributed by atoms with E-state index in [1.54, 1.807) is 12.1 Å². The normalized spacial score (nSPS) is 21.4. The number of hydrogen-bond donors (Lipinski definition) is 1. The smallest absolute Gasteiger partial charge is 0.303 e. The van der Waals surface area contributed by atoms with Crippen molar-refractivity contribution in [3.8, 4) is 11.1 Å². The SMILES string of the molecule is O=C(O)CCc1ccc(-c2ccc(S(=O)(=O)C[C@H]3CC[C@H](C(=O)N4CCOC[C@H]4c4ccccc4)CC3)cc2)cc1. The Morgan fingerprint density at radius 2 is 1.49 bits per heavy atom. The van der Waals surface area contributed by atoms with Crippen LogP contribution in [0.1, 0.15) is 49.3 Å². The summed E-state index contributed by atoms with van der Waals surface area (Å²) in [5.41, 5.74) is 3.89. The predicted molar refractivity (Wildman–Crippen MR) is 157 cm³/mol. The molecular weight excluding hydrogens is 538 g/mol. The molecule has 1 aliphatic heterocycles. The van der Waals surface area contributed by atoms with Crippen molar-refractivity contribution < 1.29 is 27.9 Å². The molecule has 1 heterocycles. The highest BCUT2D eigenvalue weighted by atomic mass is 32.2. The van der Waals surface area contributed by atoms with Gasteiger partial charge in [0.05, 0.1) is 29.9 Å². The van der Waals surface area contributed by atoms with Crippen molar-refractivity contribution in [3.05, 3.63) is 90.0 Å². The number of carboxylic acids is 1. The van der Waals surface area contributed by atoms with E-state index >= 15 is 0 Å². The largest absolute Gasteiger partial charge is 0.481 e. The second-order valence-electron chi connectivity index (χ2n) is 11.1. The van der Waals surface area contributed by atoms with Crippen LogP contribution in [-0.4, -0.2) is 55.8 Å². The number of ether oxygens (including phenoxy) is 1. The molecule has 8 heteroatoms. The molecule has 1 N–H and O–H groups in total. The van der Waals surface area contributed by atoms with Crippen molar-refractivity contribution in [2.24, 2.45) is 11.8 Å². The van der Waals surface area contributed by atoms with E-state index in [9.17, 15) is 18.0 Å². The number of nitrogens with zero attached hydrogens (tertiary/aromatic N) is 1. The maximum absolute atomic E-state index is 13.5. The van der Waals surface area contributed by atoms with Crippen LogP contribution in [0.3, 0.4) is 0 Å². The first-order valence-corrected chi connectivity index (χ1v) is 16.0. The Bertz CT molecular complexity index is 1430. The highest BCUT2D eigenvalue weighted by Gasteiger charge is 2.36. The number of morpholine rings is 1. The van der Waals surface area contributed by atoms with E-state index < -0.39 is 15.8 Å². The first-order chi connectivity index (χ1) is 19.8. The van der Waals surface area contributed by atoms with Gasteiger partial charge in [-0.3, -0.25) is 9.59 Å². The summed E-state index contributed by atoms with van der Waals surface area (Å²) in [5.74, 6) is -0.605. The standard InChI is InChI=1S/C33H37NO6S/c35-32(36)19-10-24-6-11-26(12-7-24)27-15-17-30(18-16-27)41(38,39)23-25-8-13-29(14-9-25)33(37)34-20-21-40-22-31(34)28-4-2-1-3-5-28/h1-7,11-12,15-18,25,29,31H,8-10,13-14,19-23H2,(H,35,36)/t25-,29-,31-/m0/s1. The first-order valence-electron chi connectivity index (χ1n) is 14.4. The van der Waals surface area contributed by atoms with Crippen LogP contribution >= 0.6 is 0 Å². The average molecular weight is 576 g/mol. The van der Waals surface area contributed by atoms with E-state index in [4.69, 9.17) is 9.84 Å². The summed E-state index contributed by atoms with van der Waals surface area (Å²) in [6.07, 6.45) is 3.43. The second-order valence-corrected chi connectivity index (χ2v) is 13.2. The lowest BCUT2D eigenvalue weighted by Crippen LogP contribution is -2.46. The fourth-order valence-corrected chi connectivity index (χ4v) is 7.70. The van der Waals surface area contributed by atoms with Crippen LogP contribution in [0.5, 0.6) is 0 Å². The Kier molecular flexibility index (Phi) is 9.20. The number of sulfone groups is 1. The maximum atomic E-state index is 13.5. The minimum absolute atomic E-state index is 0.0386. The highest BCUT2D eigenvalue weighted by Crippen LogP contribution is 2.35. The molecule has 2 aliphatic rings. The lowest BCUT2D eigenvalue weighted by atomic mass is 9.82. The van der Waals surface area contributed by atoms with Crippen molar-refractivity contribution in [2.45, 2.75) is 49.5 Å². The van der Waals surface area contributed by atoms with Gasteiger partial charge in [0.15, 0.2) is 9.84 Å². The lowest BCUT2D eigenvalue weighted by Gasteiger charge is -2.39. The Balaban J connectivity index is 1.16. The molecule has 41 heavy (non-hydrogen) atoms. The van der Waals surface area contributed by atoms with Crippen molar-refractivity contribution in [1.29, 1.82) is 0 Å². The van der Waals surface area contributed by atoms with Crippen LogP contribution < -0.4 is 0 Å². The van der Waals surface area contributed by atoms with Gasteiger partial charge in [0.25, 0.3) is 0 Å². The number of benzene rings is 3. The van der Waals surface area contributed by atoms with Gasteiger partial charge in [-0.1, -0.05) is 66.7 Å². The Labute approximate surface area is 242 Å². The lowest BCUT2D eigenvalue weighted by molar-refractivity contribution is -0.146. The van der Waals surface area contributed by atoms with Crippen LogP contribution in [0.15, 0.2) is 83.8 Å². The fraction of sp³-hybridized carbons (Fsp3) is 0.394. The van der Waals surface area contributed by atoms with Crippen molar-refractivity contribution >= 4 is 21.7 Å². The van der Waals surface area contributed by atoms with Gasteiger partial charge in [0.2, 0.25) is 5.91 Å². The molecule has 0 aromatic heterocycles. The molecule has 7 nitrogen and oxygen atoms in total. The molecule has 216 valence electrons. The fourth-order valence-electron chi connectivity index (χ4n) is 6.01. The number of carbonyl (C=O) groups excluding carboxylic acids is 1. The molecule has 0 spiro atoms. The molecule has 2 fully saturated rings. The molecule has 0 unspecified atom stereocenters. The zero-order valence-electron chi connectivity index (χ0n) is 23.2. The molecule has 1 amide bonds. The van der Waals surface area contributed by atoms with Crippen molar-refractivity contribution in [2.75, 3.05) is 25.5 Å². The van der Waals surface area contributed by atoms with Gasteiger partial charge in [-0.25, -0.2) is 8.42 Å². The number of aryl methyl sites for hydroxylation is 1. The van der Waals surface area contributed by atoms with E-state index in [0.29, 0.717) is 43.9 Å². The summed E-state index contributed by atoms with van der Waals surface area (Å²) in [7, 11) is -3.45. The molecule has 5 rings (SSSR count). The number of amides is 1. The molecule has 3 aromatic rings. The van der Waals surface area contributed by atoms with Crippen LogP contribution in [0, 0.1) is 11.8 Å². The average Bonchev–Trinajstić information content (AvgIpc) is 3.00. The molecule has 1 saturated heterocycles. The predicted octanol–water partition coefficient (Wildman–Crippen LogP) is 5.55. The molecule has 1 aliphatic carbocycles. The summed E-state index contributed by atoms with van der Waals surface area (Å²) >= 11 is 0. The minimum atomic E-state index is -3.45. The molecule has 0 bridgehead atoms. The van der Waals surface area contributed by atoms with Crippen molar-refractivity contribution in [3.63, 3.8) is 0 Å². The van der Waals surface area contributed by atoms with Gasteiger partial charge >= 0.3 is 5.97 Å². The van der Waals surface area contributed by atoms with E-state index in [1.807, 2.05) is 71.6 Å². The third kappa shape index (κ3) is 7.24. The highest BCUT2D eigenvalue weighted by molar-refractivity contribution is 7.91. The van der Waals surface area contributed by atoms with Crippen LogP contribution in [-0.2, 0) is 30.6 Å². The maximum Gasteiger partial charge on any atom is 0.303 e. The van der Waals surface area contributed by atoms with Gasteiger partial charge in [-0.2, -0.15) is 0 Å². The first kappa shape index (κ1) is 29.0. The van der Waals surface area contributed by atoms with Gasteiger partial charge in [-0.05, 0) is 72.4 Å². The summed E-state index contributed by atoms with van der Waals surface area (Å²) in [5, 5.41) is 8.86. The van der Waals surface area contributed by atoms with E-state index in [-0.39, 0.29) is 36.0 Å². The molecule has 3 aromatic carbocycles. The monoisotopic (exact) mass is 575 g/mol. The third-order valence-electron chi connectivity index (χ3n) is 8.38. The minimum Gasteiger partial charge on any atom is -0.481 e. The molecule has 1 saturated carbocycles. The summed E-state index contributed by atoms with van der Waals surface area (Å²) in [6, 6.07) is 24.6. The van der Waals surface area contributed by atoms with Crippen LogP contribution in [0.2, 0.25) is 0 Å². The zero-order chi connectivity index (χ0) is 28.8. The summed E-state index contributed by atoms with van der Waals surface area (Å²) < 4.78 is 32.2. The van der Waals surface area contributed by atoms with Crippen molar-refractivity contribution in [1.82, 2.24) is 4.90 Å². The second kappa shape index (κ2) is 13.0. The molecular formula is C33H37NO6S. The Hall–Kier alpha value is -3.49. The van der Waals surface area contributed by atoms with E-state index in [2.05, 4.69) is 0 Å². The number of rotatable bonds is 9. The quantitative estimate of drug-likeness (QED) is 0.359. The van der Waals surface area contributed by atoms with Gasteiger partial charge in [0, 0.05) is 18.9 Å². The number of carboxylic acid groups (broad SMARTS) is 1. The van der Waals surface area contributed by atoms with Crippen LogP contribution in [0.4, 0.5) is 0 Å².